The van der Waals surface area contributed by atoms with Crippen LogP contribution in [-0.2, 0) is 17.8 Å². The number of nitrogens with zero attached hydrogens (tertiary/aromatic N) is 3. The predicted octanol–water partition coefficient (Wildman–Crippen LogP) is 3.54. The van der Waals surface area contributed by atoms with E-state index in [-0.39, 0.29) is 5.91 Å². The van der Waals surface area contributed by atoms with E-state index in [1.54, 1.807) is 19.5 Å². The molecule has 1 spiro atoms. The first-order chi connectivity index (χ1) is 14.2. The molecule has 0 N–H and O–H groups in total. The SMILES string of the molecule is COc1ccc(CN2CCC3(CC2)CCN(C(=O)Cc2cccnc2)CC3)cc1. The van der Waals surface area contributed by atoms with E-state index in [9.17, 15) is 4.79 Å². The van der Waals surface area contributed by atoms with Gasteiger partial charge < -0.3 is 9.64 Å². The molecule has 2 aromatic rings. The van der Waals surface area contributed by atoms with Crippen molar-refractivity contribution in [2.45, 2.75) is 38.6 Å². The summed E-state index contributed by atoms with van der Waals surface area (Å²) in [5, 5.41) is 0. The van der Waals surface area contributed by atoms with Crippen molar-refractivity contribution in [3.63, 3.8) is 0 Å². The number of benzene rings is 1. The third-order valence-corrected chi connectivity index (χ3v) is 6.74. The molecule has 0 bridgehead atoms. The fourth-order valence-electron chi connectivity index (χ4n) is 4.69. The zero-order valence-corrected chi connectivity index (χ0v) is 17.3. The van der Waals surface area contributed by atoms with Crippen LogP contribution >= 0.6 is 0 Å². The Morgan fingerprint density at radius 3 is 2.31 bits per heavy atom. The molecule has 2 saturated heterocycles. The first-order valence-corrected chi connectivity index (χ1v) is 10.7. The average Bonchev–Trinajstić information content (AvgIpc) is 2.77. The Bertz CT molecular complexity index is 789. The normalized spacial score (nSPS) is 19.3. The molecule has 2 aliphatic heterocycles. The number of likely N-dealkylation sites (tertiary alicyclic amines) is 2. The Morgan fingerprint density at radius 2 is 1.69 bits per heavy atom. The van der Waals surface area contributed by atoms with Gasteiger partial charge in [-0.2, -0.15) is 0 Å². The van der Waals surface area contributed by atoms with Gasteiger partial charge in [-0.3, -0.25) is 14.7 Å². The second-order valence-corrected chi connectivity index (χ2v) is 8.54. The number of hydrogen-bond donors (Lipinski definition) is 0. The number of aromatic nitrogens is 1. The molecule has 0 aliphatic carbocycles. The van der Waals surface area contributed by atoms with E-state index in [1.165, 1.54) is 18.4 Å². The molecule has 154 valence electrons. The molecule has 5 nitrogen and oxygen atoms in total. The fraction of sp³-hybridized carbons (Fsp3) is 0.500. The Balaban J connectivity index is 1.24. The zero-order chi connectivity index (χ0) is 20.1. The lowest BCUT2D eigenvalue weighted by Crippen LogP contribution is -2.48. The van der Waals surface area contributed by atoms with Crippen molar-refractivity contribution in [2.75, 3.05) is 33.3 Å². The summed E-state index contributed by atoms with van der Waals surface area (Å²) in [7, 11) is 1.71. The lowest BCUT2D eigenvalue weighted by molar-refractivity contribution is -0.133. The summed E-state index contributed by atoms with van der Waals surface area (Å²) in [6.07, 6.45) is 8.78. The number of carbonyl (C=O) groups excluding carboxylic acids is 1. The molecule has 29 heavy (non-hydrogen) atoms. The fourth-order valence-corrected chi connectivity index (χ4v) is 4.69. The van der Waals surface area contributed by atoms with E-state index in [2.05, 4.69) is 26.9 Å². The smallest absolute Gasteiger partial charge is 0.227 e. The molecule has 1 amide bonds. The van der Waals surface area contributed by atoms with Gasteiger partial charge >= 0.3 is 0 Å². The number of methoxy groups -OCH3 is 1. The topological polar surface area (TPSA) is 45.7 Å². The highest BCUT2D eigenvalue weighted by Crippen LogP contribution is 2.41. The van der Waals surface area contributed by atoms with Gasteiger partial charge in [0.25, 0.3) is 0 Å². The van der Waals surface area contributed by atoms with Crippen LogP contribution < -0.4 is 4.74 Å². The summed E-state index contributed by atoms with van der Waals surface area (Å²) in [6.45, 7) is 5.11. The lowest BCUT2D eigenvalue weighted by atomic mass is 9.71. The highest BCUT2D eigenvalue weighted by atomic mass is 16.5. The second-order valence-electron chi connectivity index (χ2n) is 8.54. The van der Waals surface area contributed by atoms with Gasteiger partial charge in [0.15, 0.2) is 0 Å². The third-order valence-electron chi connectivity index (χ3n) is 6.74. The maximum atomic E-state index is 12.6. The van der Waals surface area contributed by atoms with Crippen LogP contribution in [0.2, 0.25) is 0 Å². The van der Waals surface area contributed by atoms with Crippen molar-refractivity contribution >= 4 is 5.91 Å². The standard InChI is InChI=1S/C24H31N3O2/c1-29-22-6-4-20(5-7-22)19-26-13-8-24(9-14-26)10-15-27(16-11-24)23(28)17-21-3-2-12-25-18-21/h2-7,12,18H,8-11,13-17,19H2,1H3. The monoisotopic (exact) mass is 393 g/mol. The van der Waals surface area contributed by atoms with Crippen LogP contribution in [0.15, 0.2) is 48.8 Å². The summed E-state index contributed by atoms with van der Waals surface area (Å²) in [4.78, 5) is 21.4. The van der Waals surface area contributed by atoms with E-state index in [0.717, 1.165) is 56.9 Å². The van der Waals surface area contributed by atoms with Gasteiger partial charge in [-0.1, -0.05) is 18.2 Å². The predicted molar refractivity (Wildman–Crippen MR) is 114 cm³/mol. The van der Waals surface area contributed by atoms with Crippen LogP contribution in [-0.4, -0.2) is 54.0 Å². The molecular weight excluding hydrogens is 362 g/mol. The van der Waals surface area contributed by atoms with Crippen molar-refractivity contribution in [3.8, 4) is 5.75 Å². The van der Waals surface area contributed by atoms with Crippen molar-refractivity contribution in [3.05, 3.63) is 59.9 Å². The molecule has 3 heterocycles. The number of rotatable bonds is 5. The van der Waals surface area contributed by atoms with Crippen LogP contribution in [0.4, 0.5) is 0 Å². The molecule has 2 aliphatic rings. The maximum absolute atomic E-state index is 12.6. The zero-order valence-electron chi connectivity index (χ0n) is 17.3. The molecular formula is C24H31N3O2. The molecule has 1 aromatic heterocycles. The van der Waals surface area contributed by atoms with Gasteiger partial charge in [-0.15, -0.1) is 0 Å². The van der Waals surface area contributed by atoms with Crippen molar-refractivity contribution in [1.29, 1.82) is 0 Å². The largest absolute Gasteiger partial charge is 0.497 e. The summed E-state index contributed by atoms with van der Waals surface area (Å²) >= 11 is 0. The number of hydrogen-bond acceptors (Lipinski definition) is 4. The lowest BCUT2D eigenvalue weighted by Gasteiger charge is -2.47. The van der Waals surface area contributed by atoms with Gasteiger partial charge in [-0.05, 0) is 73.5 Å². The van der Waals surface area contributed by atoms with Crippen molar-refractivity contribution < 1.29 is 9.53 Å². The Hall–Kier alpha value is -2.40. The first-order valence-electron chi connectivity index (χ1n) is 10.7. The van der Waals surface area contributed by atoms with Gasteiger partial charge in [0, 0.05) is 32.0 Å². The Morgan fingerprint density at radius 1 is 1.00 bits per heavy atom. The van der Waals surface area contributed by atoms with Gasteiger partial charge in [0.2, 0.25) is 5.91 Å². The van der Waals surface area contributed by atoms with Crippen LogP contribution in [0.25, 0.3) is 0 Å². The molecule has 0 radical (unpaired) electrons. The number of amides is 1. The minimum atomic E-state index is 0.241. The van der Waals surface area contributed by atoms with E-state index in [1.807, 2.05) is 24.3 Å². The van der Waals surface area contributed by atoms with Crippen LogP contribution in [0.1, 0.15) is 36.8 Å². The molecule has 0 atom stereocenters. The van der Waals surface area contributed by atoms with Gasteiger partial charge in [-0.25, -0.2) is 0 Å². The second kappa shape index (κ2) is 8.95. The van der Waals surface area contributed by atoms with Gasteiger partial charge in [0.1, 0.15) is 5.75 Å². The van der Waals surface area contributed by atoms with E-state index in [0.29, 0.717) is 11.8 Å². The number of carbonyl (C=O) groups is 1. The molecule has 2 fully saturated rings. The molecule has 0 saturated carbocycles. The number of ether oxygens (including phenoxy) is 1. The minimum Gasteiger partial charge on any atom is -0.497 e. The minimum absolute atomic E-state index is 0.241. The summed E-state index contributed by atoms with van der Waals surface area (Å²) < 4.78 is 5.25. The first kappa shape index (κ1) is 19.9. The maximum Gasteiger partial charge on any atom is 0.227 e. The summed E-state index contributed by atoms with van der Waals surface area (Å²) in [5.41, 5.74) is 2.78. The highest BCUT2D eigenvalue weighted by Gasteiger charge is 2.38. The van der Waals surface area contributed by atoms with E-state index in [4.69, 9.17) is 4.74 Å². The Kier molecular flexibility index (Phi) is 6.14. The summed E-state index contributed by atoms with van der Waals surface area (Å²) in [5.74, 6) is 1.15. The van der Waals surface area contributed by atoms with Crippen LogP contribution in [0.5, 0.6) is 5.75 Å². The Labute approximate surface area is 173 Å². The number of pyridine rings is 1. The van der Waals surface area contributed by atoms with Crippen molar-refractivity contribution in [2.24, 2.45) is 5.41 Å². The van der Waals surface area contributed by atoms with Crippen LogP contribution in [0.3, 0.4) is 0 Å². The van der Waals surface area contributed by atoms with Gasteiger partial charge in [0.05, 0.1) is 13.5 Å². The third kappa shape index (κ3) is 4.96. The van der Waals surface area contributed by atoms with Crippen LogP contribution in [0, 0.1) is 5.41 Å². The van der Waals surface area contributed by atoms with Crippen molar-refractivity contribution in [1.82, 2.24) is 14.8 Å². The quantitative estimate of drug-likeness (QED) is 0.780. The molecule has 1 aromatic carbocycles. The van der Waals surface area contributed by atoms with E-state index >= 15 is 0 Å². The van der Waals surface area contributed by atoms with E-state index < -0.39 is 0 Å². The number of piperidine rings is 2. The molecule has 0 unspecified atom stereocenters. The molecule has 5 heteroatoms. The average molecular weight is 394 g/mol. The highest BCUT2D eigenvalue weighted by molar-refractivity contribution is 5.78. The summed E-state index contributed by atoms with van der Waals surface area (Å²) in [6, 6.07) is 12.3. The molecule has 4 rings (SSSR count).